The third kappa shape index (κ3) is 4.23. The van der Waals surface area contributed by atoms with E-state index in [1.807, 2.05) is 43.0 Å². The molecule has 1 aromatic heterocycles. The molecule has 1 aliphatic rings. The zero-order valence-electron chi connectivity index (χ0n) is 16.0. The van der Waals surface area contributed by atoms with E-state index in [-0.39, 0.29) is 17.7 Å². The third-order valence-corrected chi connectivity index (χ3v) is 6.46. The number of aryl methyl sites for hydroxylation is 2. The van der Waals surface area contributed by atoms with Crippen molar-refractivity contribution in [1.29, 1.82) is 0 Å². The van der Waals surface area contributed by atoms with E-state index in [2.05, 4.69) is 37.5 Å². The summed E-state index contributed by atoms with van der Waals surface area (Å²) in [5.74, 6) is -0.205. The van der Waals surface area contributed by atoms with E-state index >= 15 is 0 Å². The molecule has 6 nitrogen and oxygen atoms in total. The Morgan fingerprint density at radius 2 is 1.90 bits per heavy atom. The first-order valence-electron chi connectivity index (χ1n) is 9.18. The standard InChI is InChI=1S/C21H19BrN4O2S/c1-12-7-13(2)9-15(8-12)26-11-14(10-18(26)27)20-24-25-21(29-20)23-19(28)16-5-3-4-6-17(16)22/h3-9,14H,10-11H2,1-2H3,(H,23,25,28). The fourth-order valence-electron chi connectivity index (χ4n) is 3.49. The van der Waals surface area contributed by atoms with Crippen LogP contribution in [0, 0.1) is 13.8 Å². The van der Waals surface area contributed by atoms with Crippen LogP contribution in [0.2, 0.25) is 0 Å². The topological polar surface area (TPSA) is 75.2 Å². The first-order chi connectivity index (χ1) is 13.9. The number of anilines is 2. The summed E-state index contributed by atoms with van der Waals surface area (Å²) in [6.07, 6.45) is 0.389. The van der Waals surface area contributed by atoms with E-state index in [0.29, 0.717) is 28.1 Å². The minimum atomic E-state index is -0.250. The predicted octanol–water partition coefficient (Wildman–Crippen LogP) is 4.69. The number of nitrogens with zero attached hydrogens (tertiary/aromatic N) is 3. The number of amides is 2. The van der Waals surface area contributed by atoms with Gasteiger partial charge in [0.05, 0.1) is 5.56 Å². The number of halogens is 1. The quantitative estimate of drug-likeness (QED) is 0.599. The van der Waals surface area contributed by atoms with Crippen LogP contribution in [0.1, 0.15) is 38.8 Å². The first-order valence-corrected chi connectivity index (χ1v) is 10.8. The van der Waals surface area contributed by atoms with Gasteiger partial charge in [-0.1, -0.05) is 29.5 Å². The lowest BCUT2D eigenvalue weighted by atomic mass is 10.1. The van der Waals surface area contributed by atoms with Crippen molar-refractivity contribution in [3.05, 3.63) is 68.6 Å². The fraction of sp³-hybridized carbons (Fsp3) is 0.238. The lowest BCUT2D eigenvalue weighted by molar-refractivity contribution is -0.117. The largest absolute Gasteiger partial charge is 0.312 e. The van der Waals surface area contributed by atoms with Gasteiger partial charge in [0, 0.05) is 29.0 Å². The van der Waals surface area contributed by atoms with Crippen molar-refractivity contribution in [1.82, 2.24) is 10.2 Å². The average molecular weight is 471 g/mol. The number of hydrogen-bond acceptors (Lipinski definition) is 5. The van der Waals surface area contributed by atoms with Gasteiger partial charge in [-0.15, -0.1) is 10.2 Å². The summed E-state index contributed by atoms with van der Waals surface area (Å²) >= 11 is 4.69. The van der Waals surface area contributed by atoms with E-state index in [9.17, 15) is 9.59 Å². The summed E-state index contributed by atoms with van der Waals surface area (Å²) < 4.78 is 0.715. The maximum atomic E-state index is 12.6. The molecule has 148 valence electrons. The van der Waals surface area contributed by atoms with Gasteiger partial charge in [-0.05, 0) is 65.2 Å². The minimum absolute atomic E-state index is 0.0325. The number of carbonyl (C=O) groups excluding carboxylic acids is 2. The Morgan fingerprint density at radius 1 is 1.17 bits per heavy atom. The average Bonchev–Trinajstić information content (AvgIpc) is 3.27. The first kappa shape index (κ1) is 19.7. The van der Waals surface area contributed by atoms with Crippen LogP contribution in [0.3, 0.4) is 0 Å². The Kier molecular flexibility index (Phi) is 5.47. The molecule has 0 aliphatic carbocycles. The fourth-order valence-corrected chi connectivity index (χ4v) is 4.78. The van der Waals surface area contributed by atoms with E-state index in [0.717, 1.165) is 21.8 Å². The summed E-state index contributed by atoms with van der Waals surface area (Å²) in [6.45, 7) is 4.62. The smallest absolute Gasteiger partial charge is 0.258 e. The van der Waals surface area contributed by atoms with Gasteiger partial charge in [0.25, 0.3) is 5.91 Å². The molecule has 1 atom stereocenters. The number of benzene rings is 2. The predicted molar refractivity (Wildman–Crippen MR) is 118 cm³/mol. The lowest BCUT2D eigenvalue weighted by Gasteiger charge is -2.17. The summed E-state index contributed by atoms with van der Waals surface area (Å²) in [5.41, 5.74) is 3.71. The van der Waals surface area contributed by atoms with Crippen LogP contribution in [0.5, 0.6) is 0 Å². The second-order valence-corrected chi connectivity index (χ2v) is 8.99. The molecular formula is C21H19BrN4O2S. The molecule has 3 aromatic rings. The summed E-state index contributed by atoms with van der Waals surface area (Å²) in [5, 5.41) is 12.3. The molecule has 0 bridgehead atoms. The molecule has 1 saturated heterocycles. The number of nitrogens with one attached hydrogen (secondary N) is 1. The van der Waals surface area contributed by atoms with Crippen LogP contribution in [-0.2, 0) is 4.79 Å². The molecule has 2 amide bonds. The molecule has 1 fully saturated rings. The van der Waals surface area contributed by atoms with Gasteiger partial charge in [0.15, 0.2) is 0 Å². The van der Waals surface area contributed by atoms with Gasteiger partial charge in [-0.3, -0.25) is 14.9 Å². The van der Waals surface area contributed by atoms with Crippen LogP contribution in [0.25, 0.3) is 0 Å². The Balaban J connectivity index is 1.48. The summed E-state index contributed by atoms with van der Waals surface area (Å²) in [4.78, 5) is 26.9. The van der Waals surface area contributed by atoms with Gasteiger partial charge >= 0.3 is 0 Å². The molecule has 8 heteroatoms. The Morgan fingerprint density at radius 3 is 2.62 bits per heavy atom. The van der Waals surface area contributed by atoms with Crippen LogP contribution in [0.15, 0.2) is 46.9 Å². The lowest BCUT2D eigenvalue weighted by Crippen LogP contribution is -2.24. The van der Waals surface area contributed by atoms with E-state index in [1.54, 1.807) is 12.1 Å². The van der Waals surface area contributed by atoms with E-state index < -0.39 is 0 Å². The molecule has 1 N–H and O–H groups in total. The summed E-state index contributed by atoms with van der Waals surface area (Å²) in [6, 6.07) is 13.3. The van der Waals surface area contributed by atoms with Gasteiger partial charge in [-0.2, -0.15) is 0 Å². The molecule has 0 saturated carbocycles. The van der Waals surface area contributed by atoms with Crippen molar-refractivity contribution in [2.45, 2.75) is 26.2 Å². The molecule has 0 radical (unpaired) electrons. The highest BCUT2D eigenvalue weighted by molar-refractivity contribution is 9.10. The molecule has 1 aliphatic heterocycles. The van der Waals surface area contributed by atoms with Crippen molar-refractivity contribution in [3.8, 4) is 0 Å². The van der Waals surface area contributed by atoms with Crippen molar-refractivity contribution in [3.63, 3.8) is 0 Å². The van der Waals surface area contributed by atoms with Crippen LogP contribution < -0.4 is 10.2 Å². The Labute approximate surface area is 181 Å². The number of aromatic nitrogens is 2. The molecule has 1 unspecified atom stereocenters. The Hall–Kier alpha value is -2.58. The van der Waals surface area contributed by atoms with Gasteiger partial charge in [0.1, 0.15) is 5.01 Å². The van der Waals surface area contributed by atoms with Crippen molar-refractivity contribution < 1.29 is 9.59 Å². The van der Waals surface area contributed by atoms with Crippen molar-refractivity contribution >= 4 is 49.9 Å². The Bertz CT molecular complexity index is 1080. The van der Waals surface area contributed by atoms with Gasteiger partial charge in [-0.25, -0.2) is 0 Å². The highest BCUT2D eigenvalue weighted by atomic mass is 79.9. The maximum Gasteiger partial charge on any atom is 0.258 e. The normalized spacial score (nSPS) is 16.3. The zero-order chi connectivity index (χ0) is 20.5. The number of hydrogen-bond donors (Lipinski definition) is 1. The molecule has 2 heterocycles. The monoisotopic (exact) mass is 470 g/mol. The molecule has 0 spiro atoms. The zero-order valence-corrected chi connectivity index (χ0v) is 18.4. The van der Waals surface area contributed by atoms with Gasteiger partial charge in [0.2, 0.25) is 11.0 Å². The van der Waals surface area contributed by atoms with Gasteiger partial charge < -0.3 is 4.90 Å². The van der Waals surface area contributed by atoms with E-state index in [1.165, 1.54) is 11.3 Å². The summed E-state index contributed by atoms with van der Waals surface area (Å²) in [7, 11) is 0. The van der Waals surface area contributed by atoms with Crippen molar-refractivity contribution in [2.75, 3.05) is 16.8 Å². The van der Waals surface area contributed by atoms with E-state index in [4.69, 9.17) is 0 Å². The van der Waals surface area contributed by atoms with Crippen LogP contribution >= 0.6 is 27.3 Å². The molecule has 4 rings (SSSR count). The SMILES string of the molecule is Cc1cc(C)cc(N2CC(c3nnc(NC(=O)c4ccccc4Br)s3)CC2=O)c1. The maximum absolute atomic E-state index is 12.6. The highest BCUT2D eigenvalue weighted by Crippen LogP contribution is 2.35. The third-order valence-electron chi connectivity index (χ3n) is 4.77. The van der Waals surface area contributed by atoms with Crippen LogP contribution in [0.4, 0.5) is 10.8 Å². The highest BCUT2D eigenvalue weighted by Gasteiger charge is 2.34. The second kappa shape index (κ2) is 8.04. The number of rotatable bonds is 4. The molecular weight excluding hydrogens is 452 g/mol. The minimum Gasteiger partial charge on any atom is -0.312 e. The molecule has 2 aromatic carbocycles. The van der Waals surface area contributed by atoms with Crippen LogP contribution in [-0.4, -0.2) is 28.6 Å². The number of carbonyl (C=O) groups is 2. The molecule has 29 heavy (non-hydrogen) atoms. The second-order valence-electron chi connectivity index (χ2n) is 7.13. The van der Waals surface area contributed by atoms with Crippen molar-refractivity contribution in [2.24, 2.45) is 0 Å².